The molecule has 2 heterocycles. The van der Waals surface area contributed by atoms with Gasteiger partial charge in [-0.25, -0.2) is 0 Å². The van der Waals surface area contributed by atoms with E-state index in [1.165, 1.54) is 11.3 Å². The molecule has 0 radical (unpaired) electrons. The van der Waals surface area contributed by atoms with Crippen molar-refractivity contribution in [3.63, 3.8) is 0 Å². The van der Waals surface area contributed by atoms with Gasteiger partial charge in [0.2, 0.25) is 0 Å². The van der Waals surface area contributed by atoms with Crippen LogP contribution in [0.25, 0.3) is 9.75 Å². The number of Topliss-reactive ketones (excluding diaryl/α,β-unsaturated/α-hetero) is 1. The van der Waals surface area contributed by atoms with Gasteiger partial charge in [0.05, 0.1) is 39.8 Å². The average molecular weight is 729 g/mol. The second kappa shape index (κ2) is 15.8. The third-order valence-electron chi connectivity index (χ3n) is 11.0. The Morgan fingerprint density at radius 3 is 2.63 bits per heavy atom. The Morgan fingerprint density at radius 1 is 1.12 bits per heavy atom. The van der Waals surface area contributed by atoms with E-state index < -0.39 is 17.6 Å². The van der Waals surface area contributed by atoms with Gasteiger partial charge in [-0.1, -0.05) is 17.8 Å². The highest BCUT2D eigenvalue weighted by Gasteiger charge is 2.56. The highest BCUT2D eigenvalue weighted by atomic mass is 32.1. The summed E-state index contributed by atoms with van der Waals surface area (Å²) in [4.78, 5) is 22.8. The summed E-state index contributed by atoms with van der Waals surface area (Å²) in [6, 6.07) is 11.3. The van der Waals surface area contributed by atoms with E-state index in [9.17, 15) is 25.2 Å². The third kappa shape index (κ3) is 7.99. The van der Waals surface area contributed by atoms with E-state index in [0.717, 1.165) is 49.9 Å². The fourth-order valence-corrected chi connectivity index (χ4v) is 10.8. The first-order valence-corrected chi connectivity index (χ1v) is 19.4. The Balaban J connectivity index is 1.40. The molecule has 0 saturated heterocycles. The van der Waals surface area contributed by atoms with Gasteiger partial charge in [-0.3, -0.25) is 9.79 Å². The smallest absolute Gasteiger partial charge is 0.188 e. The number of carbonyl (C=O) groups excluding carboxylic acids is 1. The summed E-state index contributed by atoms with van der Waals surface area (Å²) in [6.45, 7) is 3.46. The van der Waals surface area contributed by atoms with Gasteiger partial charge in [0.15, 0.2) is 11.7 Å². The number of anilines is 1. The quantitative estimate of drug-likeness (QED) is 0.0685. The van der Waals surface area contributed by atoms with Crippen molar-refractivity contribution in [2.24, 2.45) is 39.8 Å². The predicted molar refractivity (Wildman–Crippen MR) is 205 cm³/mol. The Hall–Kier alpha value is -3.84. The standard InChI is InChI=1S/C40H48N4O5S2/c1-4-6-28-10-12-35(50-28)36-13-14-37(51-36)38(49)31-11-9-25-19-40(31)18-24(30(20-40)34(48)22-45)7-5-8-29-26(16-32(25)44-39(41)42-3)15-27(47)17-33(29)43-21-23(2)46/h10,12-15,17,23-25,30-32,34,43,45-48H,7,9,11,16,18-22H2,1-3H3,(H3,41,42,44)/t23-,24+,25-,30+,31-,32-,34+,40+/m0/s1. The normalized spacial score (nSPS) is 26.9. The van der Waals surface area contributed by atoms with E-state index in [1.54, 1.807) is 37.4 Å². The van der Waals surface area contributed by atoms with E-state index in [0.29, 0.717) is 37.3 Å². The number of benzene rings is 1. The molecule has 3 aliphatic rings. The number of thiophene rings is 2. The first-order chi connectivity index (χ1) is 24.5. The van der Waals surface area contributed by atoms with Crippen molar-refractivity contribution in [1.82, 2.24) is 5.32 Å². The molecular formula is C40H48N4O5S2. The van der Waals surface area contributed by atoms with Crippen molar-refractivity contribution in [3.05, 3.63) is 57.3 Å². The van der Waals surface area contributed by atoms with Crippen molar-refractivity contribution in [2.45, 2.75) is 77.0 Å². The molecule has 3 aliphatic carbocycles. The van der Waals surface area contributed by atoms with E-state index in [-0.39, 0.29) is 54.4 Å². The van der Waals surface area contributed by atoms with Gasteiger partial charge in [0.25, 0.3) is 0 Å². The second-order valence-corrected chi connectivity index (χ2v) is 16.6. The number of ketones is 1. The van der Waals surface area contributed by atoms with Gasteiger partial charge in [0.1, 0.15) is 5.75 Å². The first-order valence-electron chi connectivity index (χ1n) is 17.8. The summed E-state index contributed by atoms with van der Waals surface area (Å²) in [5.74, 6) is 13.0. The van der Waals surface area contributed by atoms with Gasteiger partial charge in [-0.15, -0.1) is 28.6 Å². The number of guanidine groups is 1. The van der Waals surface area contributed by atoms with E-state index in [4.69, 9.17) is 5.73 Å². The Kier molecular flexibility index (Phi) is 11.5. The van der Waals surface area contributed by atoms with Crippen LogP contribution in [0.15, 0.2) is 41.4 Å². The molecule has 1 aromatic carbocycles. The van der Waals surface area contributed by atoms with Crippen LogP contribution in [-0.4, -0.2) is 70.6 Å². The lowest BCUT2D eigenvalue weighted by atomic mass is 9.58. The van der Waals surface area contributed by atoms with Crippen LogP contribution in [0.4, 0.5) is 5.69 Å². The zero-order valence-electron chi connectivity index (χ0n) is 29.4. The van der Waals surface area contributed by atoms with Crippen molar-refractivity contribution in [2.75, 3.05) is 25.5 Å². The number of aliphatic hydroxyl groups is 3. The molecule has 51 heavy (non-hydrogen) atoms. The summed E-state index contributed by atoms with van der Waals surface area (Å²) in [5.41, 5.74) is 8.14. The number of phenolic OH excluding ortho intramolecular Hbond substituents is 1. The molecule has 2 saturated carbocycles. The number of nitrogens with one attached hydrogen (secondary N) is 2. The van der Waals surface area contributed by atoms with Crippen LogP contribution in [0.1, 0.15) is 78.0 Å². The molecule has 6 rings (SSSR count). The number of aromatic hydroxyl groups is 1. The predicted octanol–water partition coefficient (Wildman–Crippen LogP) is 5.21. The first kappa shape index (κ1) is 36.9. The number of aliphatic imine (C=N–C) groups is 1. The number of carbonyl (C=O) groups is 1. The third-order valence-corrected chi connectivity index (χ3v) is 13.3. The molecule has 3 aromatic rings. The molecule has 2 aromatic heterocycles. The maximum absolute atomic E-state index is 14.7. The zero-order chi connectivity index (χ0) is 36.3. The van der Waals surface area contributed by atoms with Crippen LogP contribution in [-0.2, 0) is 6.42 Å². The Labute approximate surface area is 308 Å². The average Bonchev–Trinajstić information content (AvgIpc) is 3.86. The number of fused-ring (bicyclic) bond motifs is 3. The van der Waals surface area contributed by atoms with Crippen molar-refractivity contribution < 1.29 is 25.2 Å². The molecule has 270 valence electrons. The van der Waals surface area contributed by atoms with Gasteiger partial charge in [-0.05, 0) is 111 Å². The molecule has 0 amide bonds. The van der Waals surface area contributed by atoms with Crippen LogP contribution in [0.3, 0.4) is 0 Å². The molecule has 2 fully saturated rings. The summed E-state index contributed by atoms with van der Waals surface area (Å²) in [5, 5.41) is 49.0. The zero-order valence-corrected chi connectivity index (χ0v) is 31.0. The number of nitrogens with zero attached hydrogens (tertiary/aromatic N) is 1. The second-order valence-electron chi connectivity index (χ2n) is 14.4. The SMILES string of the molecule is CC#Cc1ccc(-c2ccc(C(=O)[C@@H]3CC[C@H]4C[C@@]35C[C@@H](CC#Cc3c(cc(O)cc3NC[C@H](C)O)C[C@@H]4NC(N)=NC)[C@H]([C@H](O)CO)C5)s2)s1. The fraction of sp³-hybridized carbons (Fsp3) is 0.500. The maximum Gasteiger partial charge on any atom is 0.188 e. The lowest BCUT2D eigenvalue weighted by Gasteiger charge is -2.47. The molecule has 0 aliphatic heterocycles. The largest absolute Gasteiger partial charge is 0.508 e. The van der Waals surface area contributed by atoms with Crippen molar-refractivity contribution in [1.29, 1.82) is 0 Å². The minimum absolute atomic E-state index is 0.0284. The van der Waals surface area contributed by atoms with Crippen molar-refractivity contribution >= 4 is 40.1 Å². The lowest BCUT2D eigenvalue weighted by Crippen LogP contribution is -2.50. The number of hydrogen-bond donors (Lipinski definition) is 7. The van der Waals surface area contributed by atoms with E-state index >= 15 is 0 Å². The topological polar surface area (TPSA) is 160 Å². The maximum atomic E-state index is 14.7. The van der Waals surface area contributed by atoms with Crippen LogP contribution >= 0.6 is 22.7 Å². The number of hydrogen-bond acceptors (Lipinski definition) is 9. The monoisotopic (exact) mass is 728 g/mol. The summed E-state index contributed by atoms with van der Waals surface area (Å²) >= 11 is 3.16. The van der Waals surface area contributed by atoms with Crippen LogP contribution < -0.4 is 16.4 Å². The highest BCUT2D eigenvalue weighted by Crippen LogP contribution is 2.60. The lowest BCUT2D eigenvalue weighted by molar-refractivity contribution is 0.0156. The van der Waals surface area contributed by atoms with E-state index in [2.05, 4.69) is 45.4 Å². The Morgan fingerprint density at radius 2 is 1.88 bits per heavy atom. The van der Waals surface area contributed by atoms with Gasteiger partial charge in [-0.2, -0.15) is 0 Å². The number of phenols is 1. The van der Waals surface area contributed by atoms with Crippen LogP contribution in [0.2, 0.25) is 0 Å². The molecule has 8 atom stereocenters. The fourth-order valence-electron chi connectivity index (χ4n) is 8.78. The molecule has 0 unspecified atom stereocenters. The molecule has 8 N–H and O–H groups in total. The van der Waals surface area contributed by atoms with E-state index in [1.807, 2.05) is 25.1 Å². The number of aliphatic hydroxyl groups excluding tert-OH is 3. The summed E-state index contributed by atoms with van der Waals surface area (Å²) in [6.07, 6.45) is 3.01. The molecular weight excluding hydrogens is 681 g/mol. The Bertz CT molecular complexity index is 1890. The minimum Gasteiger partial charge on any atom is -0.508 e. The molecule has 3 bridgehead atoms. The number of rotatable bonds is 9. The molecule has 9 nitrogen and oxygen atoms in total. The molecule has 11 heteroatoms. The van der Waals surface area contributed by atoms with Gasteiger partial charge >= 0.3 is 0 Å². The minimum atomic E-state index is -0.922. The van der Waals surface area contributed by atoms with Gasteiger partial charge in [0, 0.05) is 47.8 Å². The number of nitrogens with two attached hydrogens (primary N) is 1. The highest BCUT2D eigenvalue weighted by molar-refractivity contribution is 7.23. The van der Waals surface area contributed by atoms with Gasteiger partial charge < -0.3 is 36.8 Å². The molecule has 1 spiro atoms. The summed E-state index contributed by atoms with van der Waals surface area (Å²) < 4.78 is 0. The van der Waals surface area contributed by atoms with Crippen LogP contribution in [0, 0.1) is 52.8 Å². The van der Waals surface area contributed by atoms with Crippen LogP contribution in [0.5, 0.6) is 5.75 Å². The van der Waals surface area contributed by atoms with Crippen molar-refractivity contribution in [3.8, 4) is 39.2 Å². The summed E-state index contributed by atoms with van der Waals surface area (Å²) in [7, 11) is 1.64.